The Morgan fingerprint density at radius 2 is 1.86 bits per heavy atom. The Morgan fingerprint density at radius 1 is 1.07 bits per heavy atom. The fraction of sp³-hybridized carbons (Fsp3) is 0.208. The normalized spacial score (nSPS) is 19.8. The van der Waals surface area contributed by atoms with Gasteiger partial charge in [0.2, 0.25) is 6.23 Å². The maximum absolute atomic E-state index is 6.39. The van der Waals surface area contributed by atoms with Crippen molar-refractivity contribution in [1.29, 1.82) is 0 Å². The van der Waals surface area contributed by atoms with Crippen molar-refractivity contribution in [3.63, 3.8) is 0 Å². The number of hydrazone groups is 1. The van der Waals surface area contributed by atoms with E-state index < -0.39 is 0 Å². The Morgan fingerprint density at radius 3 is 2.62 bits per heavy atom. The molecule has 2 atom stereocenters. The molecule has 5 heteroatoms. The summed E-state index contributed by atoms with van der Waals surface area (Å²) in [6, 6.07) is 24.3. The van der Waals surface area contributed by atoms with Crippen LogP contribution >= 0.6 is 11.6 Å². The van der Waals surface area contributed by atoms with Crippen LogP contribution in [0.15, 0.2) is 77.9 Å². The molecule has 0 bridgehead atoms. The largest absolute Gasteiger partial charge is 0.494 e. The maximum atomic E-state index is 6.39. The Hall–Kier alpha value is -2.98. The summed E-state index contributed by atoms with van der Waals surface area (Å²) in [5, 5.41) is 7.75. The highest BCUT2D eigenvalue weighted by Gasteiger charge is 2.41. The van der Waals surface area contributed by atoms with E-state index in [0.29, 0.717) is 11.6 Å². The van der Waals surface area contributed by atoms with E-state index in [9.17, 15) is 0 Å². The van der Waals surface area contributed by atoms with Crippen LogP contribution in [0.25, 0.3) is 0 Å². The molecule has 2 heterocycles. The van der Waals surface area contributed by atoms with E-state index in [4.69, 9.17) is 26.2 Å². The van der Waals surface area contributed by atoms with E-state index in [1.807, 2.05) is 67.6 Å². The highest BCUT2D eigenvalue weighted by molar-refractivity contribution is 6.30. The number of fused-ring (bicyclic) bond motifs is 3. The van der Waals surface area contributed by atoms with Crippen molar-refractivity contribution in [3.8, 4) is 11.5 Å². The minimum Gasteiger partial charge on any atom is -0.494 e. The molecule has 0 saturated carbocycles. The van der Waals surface area contributed by atoms with Crippen molar-refractivity contribution in [2.45, 2.75) is 25.6 Å². The SMILES string of the molecule is CCOc1ccc(C2Oc3ccc(Cl)cc3C3CC(c4ccccc4)=NN32)cc1. The Bertz CT molecular complexity index is 1050. The van der Waals surface area contributed by atoms with Gasteiger partial charge in [-0.25, -0.2) is 5.01 Å². The van der Waals surface area contributed by atoms with Gasteiger partial charge in [-0.05, 0) is 55.0 Å². The summed E-state index contributed by atoms with van der Waals surface area (Å²) >= 11 is 6.30. The van der Waals surface area contributed by atoms with Gasteiger partial charge in [-0.3, -0.25) is 0 Å². The van der Waals surface area contributed by atoms with E-state index in [-0.39, 0.29) is 12.3 Å². The molecular formula is C24H21ClN2O2. The number of rotatable bonds is 4. The predicted octanol–water partition coefficient (Wildman–Crippen LogP) is 5.98. The third-order valence-corrected chi connectivity index (χ3v) is 5.57. The van der Waals surface area contributed by atoms with Crippen molar-refractivity contribution in [2.75, 3.05) is 6.61 Å². The number of hydrogen-bond acceptors (Lipinski definition) is 4. The number of benzene rings is 3. The molecule has 4 nitrogen and oxygen atoms in total. The third-order valence-electron chi connectivity index (χ3n) is 5.34. The number of ether oxygens (including phenoxy) is 2. The summed E-state index contributed by atoms with van der Waals surface area (Å²) in [6.07, 6.45) is 0.513. The molecule has 0 spiro atoms. The first-order valence-electron chi connectivity index (χ1n) is 9.83. The molecule has 0 saturated heterocycles. The minimum atomic E-state index is -0.300. The molecule has 146 valence electrons. The van der Waals surface area contributed by atoms with Crippen LogP contribution in [0.5, 0.6) is 11.5 Å². The van der Waals surface area contributed by atoms with Crippen molar-refractivity contribution in [2.24, 2.45) is 5.10 Å². The zero-order valence-corrected chi connectivity index (χ0v) is 16.8. The van der Waals surface area contributed by atoms with Crippen LogP contribution < -0.4 is 9.47 Å². The van der Waals surface area contributed by atoms with Gasteiger partial charge in [-0.2, -0.15) is 5.10 Å². The Kier molecular flexibility index (Phi) is 4.64. The van der Waals surface area contributed by atoms with E-state index in [1.54, 1.807) is 0 Å². The van der Waals surface area contributed by atoms with Crippen LogP contribution in [0.3, 0.4) is 0 Å². The van der Waals surface area contributed by atoms with Gasteiger partial charge in [0.05, 0.1) is 18.4 Å². The van der Waals surface area contributed by atoms with Crippen LogP contribution in [0.2, 0.25) is 5.02 Å². The molecule has 0 aromatic heterocycles. The number of hydrogen-bond donors (Lipinski definition) is 0. The van der Waals surface area contributed by atoms with Gasteiger partial charge in [-0.15, -0.1) is 0 Å². The average molecular weight is 405 g/mol. The molecule has 2 aliphatic heterocycles. The van der Waals surface area contributed by atoms with E-state index in [2.05, 4.69) is 17.1 Å². The van der Waals surface area contributed by atoms with E-state index in [1.165, 1.54) is 0 Å². The Balaban J connectivity index is 1.56. The van der Waals surface area contributed by atoms with Crippen LogP contribution in [0.1, 0.15) is 42.3 Å². The topological polar surface area (TPSA) is 34.1 Å². The first-order valence-corrected chi connectivity index (χ1v) is 10.2. The van der Waals surface area contributed by atoms with E-state index in [0.717, 1.165) is 40.3 Å². The predicted molar refractivity (Wildman–Crippen MR) is 115 cm³/mol. The summed E-state index contributed by atoms with van der Waals surface area (Å²) in [5.41, 5.74) is 4.31. The third kappa shape index (κ3) is 3.34. The van der Waals surface area contributed by atoms with Gasteiger partial charge in [0, 0.05) is 22.6 Å². The van der Waals surface area contributed by atoms with Gasteiger partial charge in [0.15, 0.2) is 0 Å². The first kappa shape index (κ1) is 18.1. The summed E-state index contributed by atoms with van der Waals surface area (Å²) in [5.74, 6) is 1.71. The summed E-state index contributed by atoms with van der Waals surface area (Å²) in [6.45, 7) is 2.63. The van der Waals surface area contributed by atoms with Gasteiger partial charge in [0.1, 0.15) is 11.5 Å². The molecule has 5 rings (SSSR count). The standard InChI is InChI=1S/C24H21ClN2O2/c1-2-28-19-11-8-17(9-12-19)24-27-22(20-14-18(25)10-13-23(20)29-24)15-21(26-27)16-6-4-3-5-7-16/h3-14,22,24H,2,15H2,1H3. The second-order valence-electron chi connectivity index (χ2n) is 7.17. The summed E-state index contributed by atoms with van der Waals surface area (Å²) in [7, 11) is 0. The van der Waals surface area contributed by atoms with Crippen LogP contribution in [0.4, 0.5) is 0 Å². The lowest BCUT2D eigenvalue weighted by Gasteiger charge is -2.38. The van der Waals surface area contributed by atoms with Crippen molar-refractivity contribution in [3.05, 3.63) is 94.5 Å². The quantitative estimate of drug-likeness (QED) is 0.536. The zero-order chi connectivity index (χ0) is 19.8. The van der Waals surface area contributed by atoms with Crippen molar-refractivity contribution in [1.82, 2.24) is 5.01 Å². The summed E-state index contributed by atoms with van der Waals surface area (Å²) in [4.78, 5) is 0. The summed E-state index contributed by atoms with van der Waals surface area (Å²) < 4.78 is 12.0. The number of halogens is 1. The highest BCUT2D eigenvalue weighted by Crippen LogP contribution is 2.48. The molecule has 3 aromatic rings. The zero-order valence-electron chi connectivity index (χ0n) is 16.1. The lowest BCUT2D eigenvalue weighted by molar-refractivity contribution is -0.0190. The van der Waals surface area contributed by atoms with Gasteiger partial charge in [-0.1, -0.05) is 41.9 Å². The van der Waals surface area contributed by atoms with Crippen LogP contribution in [0, 0.1) is 0 Å². The van der Waals surface area contributed by atoms with E-state index >= 15 is 0 Å². The van der Waals surface area contributed by atoms with Gasteiger partial charge >= 0.3 is 0 Å². The fourth-order valence-corrected chi connectivity index (χ4v) is 4.16. The molecule has 29 heavy (non-hydrogen) atoms. The average Bonchev–Trinajstić information content (AvgIpc) is 3.21. The first-order chi connectivity index (χ1) is 14.2. The molecule has 0 radical (unpaired) electrons. The van der Waals surface area contributed by atoms with Gasteiger partial charge in [0.25, 0.3) is 0 Å². The van der Waals surface area contributed by atoms with Crippen LogP contribution in [-0.2, 0) is 0 Å². The smallest absolute Gasteiger partial charge is 0.213 e. The second-order valence-corrected chi connectivity index (χ2v) is 7.60. The molecule has 3 aromatic carbocycles. The Labute approximate surface area is 175 Å². The van der Waals surface area contributed by atoms with Crippen molar-refractivity contribution >= 4 is 17.3 Å². The van der Waals surface area contributed by atoms with Gasteiger partial charge < -0.3 is 9.47 Å². The monoisotopic (exact) mass is 404 g/mol. The molecule has 0 N–H and O–H groups in total. The minimum absolute atomic E-state index is 0.0872. The molecule has 2 unspecified atom stereocenters. The van der Waals surface area contributed by atoms with Crippen LogP contribution in [-0.4, -0.2) is 17.3 Å². The number of nitrogens with zero attached hydrogens (tertiary/aromatic N) is 2. The lowest BCUT2D eigenvalue weighted by Crippen LogP contribution is -2.33. The maximum Gasteiger partial charge on any atom is 0.213 e. The molecule has 0 fully saturated rings. The molecule has 2 aliphatic rings. The van der Waals surface area contributed by atoms with Crippen molar-refractivity contribution < 1.29 is 9.47 Å². The molecule has 0 amide bonds. The molecule has 0 aliphatic carbocycles. The highest BCUT2D eigenvalue weighted by atomic mass is 35.5. The second kappa shape index (κ2) is 7.45. The lowest BCUT2D eigenvalue weighted by atomic mass is 9.96. The molecular weight excluding hydrogens is 384 g/mol. The fourth-order valence-electron chi connectivity index (χ4n) is 3.98.